The molecule has 2 heterocycles. The van der Waals surface area contributed by atoms with Gasteiger partial charge < -0.3 is 9.64 Å². The average molecular weight is 311 g/mol. The van der Waals surface area contributed by atoms with E-state index in [2.05, 4.69) is 4.74 Å². The molecule has 1 saturated heterocycles. The fourth-order valence-electron chi connectivity index (χ4n) is 1.95. The zero-order valence-corrected chi connectivity index (χ0v) is 12.9. The van der Waals surface area contributed by atoms with Gasteiger partial charge in [0.05, 0.1) is 12.9 Å². The first-order valence-corrected chi connectivity index (χ1v) is 8.31. The van der Waals surface area contributed by atoms with Gasteiger partial charge in [-0.1, -0.05) is 6.07 Å². The van der Waals surface area contributed by atoms with Crippen LogP contribution in [0.15, 0.2) is 23.6 Å². The number of rotatable bonds is 5. The largest absolute Gasteiger partial charge is 0.468 e. The number of hydrogen-bond donors (Lipinski definition) is 0. The summed E-state index contributed by atoms with van der Waals surface area (Å²) in [6.07, 6.45) is 4.40. The van der Waals surface area contributed by atoms with E-state index in [1.54, 1.807) is 29.2 Å². The van der Waals surface area contributed by atoms with Gasteiger partial charge in [-0.25, -0.2) is 0 Å². The van der Waals surface area contributed by atoms with Crippen LogP contribution in [0.4, 0.5) is 0 Å². The number of thiophene rings is 1. The number of nitrogens with zero attached hydrogens (tertiary/aromatic N) is 1. The van der Waals surface area contributed by atoms with Crippen LogP contribution >= 0.6 is 23.1 Å². The number of amides is 1. The quantitative estimate of drug-likeness (QED) is 0.618. The molecule has 0 N–H and O–H groups in total. The molecular formula is C14H17NO3S2. The van der Waals surface area contributed by atoms with Gasteiger partial charge in [0.1, 0.15) is 0 Å². The molecule has 0 bridgehead atoms. The van der Waals surface area contributed by atoms with Crippen molar-refractivity contribution in [2.45, 2.75) is 11.7 Å². The van der Waals surface area contributed by atoms with Crippen molar-refractivity contribution in [3.05, 3.63) is 28.5 Å². The summed E-state index contributed by atoms with van der Waals surface area (Å²) in [7, 11) is 1.39. The van der Waals surface area contributed by atoms with Crippen LogP contribution < -0.4 is 0 Å². The standard InChI is InChI=1S/C14H17NO3S2/c1-18-14(17)10-20-12-6-7-15(9-12)13(16)5-4-11-3-2-8-19-11/h2-5,8,12H,6-7,9-10H2,1H3/b5-4+. The highest BCUT2D eigenvalue weighted by molar-refractivity contribution is 8.00. The third-order valence-corrected chi connectivity index (χ3v) is 5.15. The highest BCUT2D eigenvalue weighted by Crippen LogP contribution is 2.23. The number of methoxy groups -OCH3 is 1. The zero-order valence-electron chi connectivity index (χ0n) is 11.3. The van der Waals surface area contributed by atoms with E-state index in [4.69, 9.17) is 0 Å². The van der Waals surface area contributed by atoms with Crippen molar-refractivity contribution in [2.75, 3.05) is 26.0 Å². The Labute approximate surface area is 126 Å². The lowest BCUT2D eigenvalue weighted by molar-refractivity contribution is -0.137. The monoisotopic (exact) mass is 311 g/mol. The van der Waals surface area contributed by atoms with E-state index in [1.807, 2.05) is 28.5 Å². The van der Waals surface area contributed by atoms with Crippen molar-refractivity contribution in [1.82, 2.24) is 4.90 Å². The van der Waals surface area contributed by atoms with Crippen LogP contribution in [0.2, 0.25) is 0 Å². The van der Waals surface area contributed by atoms with E-state index in [1.165, 1.54) is 7.11 Å². The summed E-state index contributed by atoms with van der Waals surface area (Å²) in [5.74, 6) is 0.186. The summed E-state index contributed by atoms with van der Waals surface area (Å²) in [4.78, 5) is 26.0. The molecule has 0 radical (unpaired) electrons. The first kappa shape index (κ1) is 15.1. The summed E-state index contributed by atoms with van der Waals surface area (Å²) in [6.45, 7) is 1.46. The molecule has 2 rings (SSSR count). The first-order valence-electron chi connectivity index (χ1n) is 6.38. The fourth-order valence-corrected chi connectivity index (χ4v) is 3.62. The molecule has 1 amide bonds. The van der Waals surface area contributed by atoms with E-state index in [9.17, 15) is 9.59 Å². The third kappa shape index (κ3) is 4.38. The van der Waals surface area contributed by atoms with Crippen LogP contribution in [0, 0.1) is 0 Å². The van der Waals surface area contributed by atoms with Gasteiger partial charge in [0, 0.05) is 29.3 Å². The molecule has 1 aromatic heterocycles. The van der Waals surface area contributed by atoms with Gasteiger partial charge in [-0.3, -0.25) is 9.59 Å². The zero-order chi connectivity index (χ0) is 14.4. The molecule has 0 aliphatic carbocycles. The van der Waals surface area contributed by atoms with Crippen LogP contribution in [-0.4, -0.2) is 48.0 Å². The lowest BCUT2D eigenvalue weighted by Crippen LogP contribution is -2.27. The molecule has 1 aliphatic rings. The lowest BCUT2D eigenvalue weighted by Gasteiger charge is -2.13. The Morgan fingerprint density at radius 3 is 3.15 bits per heavy atom. The maximum absolute atomic E-state index is 12.0. The van der Waals surface area contributed by atoms with Gasteiger partial charge in [-0.2, -0.15) is 0 Å². The molecule has 1 aromatic rings. The van der Waals surface area contributed by atoms with Crippen molar-refractivity contribution < 1.29 is 14.3 Å². The molecule has 108 valence electrons. The van der Waals surface area contributed by atoms with Crippen molar-refractivity contribution in [3.8, 4) is 0 Å². The second kappa shape index (κ2) is 7.50. The van der Waals surface area contributed by atoms with E-state index >= 15 is 0 Å². The molecule has 1 atom stereocenters. The van der Waals surface area contributed by atoms with Crippen LogP contribution in [0.25, 0.3) is 6.08 Å². The van der Waals surface area contributed by atoms with Crippen LogP contribution in [0.5, 0.6) is 0 Å². The number of carbonyl (C=O) groups is 2. The van der Waals surface area contributed by atoms with E-state index in [-0.39, 0.29) is 11.9 Å². The highest BCUT2D eigenvalue weighted by atomic mass is 32.2. The van der Waals surface area contributed by atoms with Crippen LogP contribution in [0.1, 0.15) is 11.3 Å². The van der Waals surface area contributed by atoms with Crippen molar-refractivity contribution in [3.63, 3.8) is 0 Å². The Kier molecular flexibility index (Phi) is 5.67. The average Bonchev–Trinajstić information content (AvgIpc) is 3.13. The van der Waals surface area contributed by atoms with Gasteiger partial charge in [0.15, 0.2) is 0 Å². The van der Waals surface area contributed by atoms with Gasteiger partial charge in [0.25, 0.3) is 0 Å². The minimum Gasteiger partial charge on any atom is -0.468 e. The second-order valence-corrected chi connectivity index (χ2v) is 6.70. The fraction of sp³-hybridized carbons (Fsp3) is 0.429. The van der Waals surface area contributed by atoms with Crippen molar-refractivity contribution in [2.24, 2.45) is 0 Å². The second-order valence-electron chi connectivity index (χ2n) is 4.43. The number of ether oxygens (including phenoxy) is 1. The van der Waals surface area contributed by atoms with E-state index in [0.29, 0.717) is 17.5 Å². The molecule has 1 unspecified atom stereocenters. The van der Waals surface area contributed by atoms with Gasteiger partial charge in [-0.05, 0) is 23.9 Å². The predicted molar refractivity (Wildman–Crippen MR) is 82.8 cm³/mol. The topological polar surface area (TPSA) is 46.6 Å². The van der Waals surface area contributed by atoms with Gasteiger partial charge in [-0.15, -0.1) is 23.1 Å². The predicted octanol–water partition coefficient (Wildman–Crippen LogP) is 2.27. The summed E-state index contributed by atoms with van der Waals surface area (Å²) in [5, 5.41) is 2.31. The lowest BCUT2D eigenvalue weighted by atomic mass is 10.4. The summed E-state index contributed by atoms with van der Waals surface area (Å²) >= 11 is 3.17. The molecular weight excluding hydrogens is 294 g/mol. The molecule has 0 aromatic carbocycles. The van der Waals surface area contributed by atoms with E-state index in [0.717, 1.165) is 17.8 Å². The summed E-state index contributed by atoms with van der Waals surface area (Å²) in [6, 6.07) is 3.94. The van der Waals surface area contributed by atoms with Crippen molar-refractivity contribution >= 4 is 41.1 Å². The maximum atomic E-state index is 12.0. The molecule has 0 saturated carbocycles. The Hall–Kier alpha value is -1.27. The summed E-state index contributed by atoms with van der Waals surface area (Å²) < 4.78 is 4.61. The van der Waals surface area contributed by atoms with Crippen LogP contribution in [0.3, 0.4) is 0 Å². The first-order chi connectivity index (χ1) is 9.69. The number of likely N-dealkylation sites (tertiary alicyclic amines) is 1. The van der Waals surface area contributed by atoms with Gasteiger partial charge in [0.2, 0.25) is 5.91 Å². The molecule has 1 aliphatic heterocycles. The minimum atomic E-state index is -0.211. The number of thioether (sulfide) groups is 1. The Morgan fingerprint density at radius 1 is 1.60 bits per heavy atom. The molecule has 1 fully saturated rings. The van der Waals surface area contributed by atoms with E-state index < -0.39 is 0 Å². The Balaban J connectivity index is 1.77. The third-order valence-electron chi connectivity index (χ3n) is 3.05. The Bertz CT molecular complexity index is 485. The smallest absolute Gasteiger partial charge is 0.315 e. The number of hydrogen-bond acceptors (Lipinski definition) is 5. The van der Waals surface area contributed by atoms with Crippen molar-refractivity contribution in [1.29, 1.82) is 0 Å². The molecule has 6 heteroatoms. The SMILES string of the molecule is COC(=O)CSC1CCN(C(=O)/C=C/c2cccs2)C1. The molecule has 0 spiro atoms. The molecule has 20 heavy (non-hydrogen) atoms. The summed E-state index contributed by atoms with van der Waals surface area (Å²) in [5.41, 5.74) is 0. The van der Waals surface area contributed by atoms with Gasteiger partial charge >= 0.3 is 5.97 Å². The normalized spacial score (nSPS) is 18.6. The number of carbonyl (C=O) groups excluding carboxylic acids is 2. The Morgan fingerprint density at radius 2 is 2.45 bits per heavy atom. The van der Waals surface area contributed by atoms with Crippen LogP contribution in [-0.2, 0) is 14.3 Å². The highest BCUT2D eigenvalue weighted by Gasteiger charge is 2.25. The number of esters is 1. The minimum absolute atomic E-state index is 0.0413. The maximum Gasteiger partial charge on any atom is 0.315 e. The molecule has 4 nitrogen and oxygen atoms in total.